The molecule has 2 rings (SSSR count). The monoisotopic (exact) mass is 386 g/mol. The highest BCUT2D eigenvalue weighted by molar-refractivity contribution is 9.10. The zero-order valence-electron chi connectivity index (χ0n) is 10.6. The fourth-order valence-electron chi connectivity index (χ4n) is 1.99. The number of hydrogen-bond donors (Lipinski definition) is 0. The molecule has 0 radical (unpaired) electrons. The Hall–Kier alpha value is -0.870. The van der Waals surface area contributed by atoms with Crippen LogP contribution in [0.3, 0.4) is 0 Å². The maximum Gasteiger partial charge on any atom is 0.123 e. The van der Waals surface area contributed by atoms with E-state index >= 15 is 0 Å². The van der Waals surface area contributed by atoms with Gasteiger partial charge in [-0.05, 0) is 48.4 Å². The van der Waals surface area contributed by atoms with Crippen LogP contribution in [0, 0.1) is 12.7 Å². The van der Waals surface area contributed by atoms with Crippen molar-refractivity contribution in [3.8, 4) is 5.75 Å². The Morgan fingerprint density at radius 2 is 1.84 bits per heavy atom. The Bertz CT molecular complexity index is 599. The first-order valence-corrected chi connectivity index (χ1v) is 7.47. The Balaban J connectivity index is 2.49. The fraction of sp³-hybridized carbons (Fsp3) is 0.200. The number of methoxy groups -OCH3 is 1. The maximum absolute atomic E-state index is 13.2. The summed E-state index contributed by atoms with van der Waals surface area (Å²) in [5.41, 5.74) is 2.94. The number of aryl methyl sites for hydroxylation is 1. The van der Waals surface area contributed by atoms with E-state index in [1.165, 1.54) is 12.1 Å². The molecule has 0 saturated carbocycles. The van der Waals surface area contributed by atoms with Crippen LogP contribution in [0.1, 0.15) is 21.5 Å². The van der Waals surface area contributed by atoms with Crippen LogP contribution < -0.4 is 4.74 Å². The summed E-state index contributed by atoms with van der Waals surface area (Å²) in [6.45, 7) is 1.90. The van der Waals surface area contributed by atoms with E-state index in [2.05, 4.69) is 31.9 Å². The topological polar surface area (TPSA) is 9.23 Å². The van der Waals surface area contributed by atoms with Crippen molar-refractivity contribution in [2.24, 2.45) is 0 Å². The van der Waals surface area contributed by atoms with Crippen molar-refractivity contribution >= 4 is 31.9 Å². The van der Waals surface area contributed by atoms with E-state index in [-0.39, 0.29) is 10.6 Å². The second-order valence-corrected chi connectivity index (χ2v) is 6.08. The highest BCUT2D eigenvalue weighted by Gasteiger charge is 2.17. The predicted molar refractivity (Wildman–Crippen MR) is 82.6 cm³/mol. The lowest BCUT2D eigenvalue weighted by Gasteiger charge is -2.17. The Morgan fingerprint density at radius 1 is 1.11 bits per heavy atom. The quantitative estimate of drug-likeness (QED) is 0.641. The first kappa shape index (κ1) is 14.5. The number of alkyl halides is 1. The average molecular weight is 388 g/mol. The molecule has 0 aliphatic heterocycles. The second kappa shape index (κ2) is 6.06. The second-order valence-electron chi connectivity index (χ2n) is 4.25. The summed E-state index contributed by atoms with van der Waals surface area (Å²) < 4.78 is 19.5. The molecule has 1 nitrogen and oxygen atoms in total. The van der Waals surface area contributed by atoms with Gasteiger partial charge in [-0.15, -0.1) is 0 Å². The van der Waals surface area contributed by atoms with Gasteiger partial charge >= 0.3 is 0 Å². The van der Waals surface area contributed by atoms with E-state index in [0.717, 1.165) is 26.9 Å². The first-order valence-electron chi connectivity index (χ1n) is 5.76. The molecule has 0 spiro atoms. The Kier molecular flexibility index (Phi) is 4.63. The molecule has 1 atom stereocenters. The third-order valence-corrected chi connectivity index (χ3v) is 4.45. The van der Waals surface area contributed by atoms with Gasteiger partial charge in [0.15, 0.2) is 0 Å². The zero-order chi connectivity index (χ0) is 14.0. The van der Waals surface area contributed by atoms with Crippen molar-refractivity contribution in [2.75, 3.05) is 7.11 Å². The third kappa shape index (κ3) is 3.18. The summed E-state index contributed by atoms with van der Waals surface area (Å²) in [5, 5.41) is 0. The SMILES string of the molecule is COc1ccc(Br)cc1C(Br)c1ccc(F)cc1C. The van der Waals surface area contributed by atoms with Gasteiger partial charge in [-0.1, -0.05) is 37.9 Å². The van der Waals surface area contributed by atoms with Gasteiger partial charge in [0.2, 0.25) is 0 Å². The number of benzene rings is 2. The molecule has 100 valence electrons. The molecule has 0 aromatic heterocycles. The summed E-state index contributed by atoms with van der Waals surface area (Å²) in [6, 6.07) is 10.6. The number of halogens is 3. The summed E-state index contributed by atoms with van der Waals surface area (Å²) in [5.74, 6) is 0.580. The Morgan fingerprint density at radius 3 is 2.47 bits per heavy atom. The lowest BCUT2D eigenvalue weighted by atomic mass is 9.99. The number of ether oxygens (including phenoxy) is 1. The minimum Gasteiger partial charge on any atom is -0.496 e. The van der Waals surface area contributed by atoms with Crippen LogP contribution in [0.2, 0.25) is 0 Å². The van der Waals surface area contributed by atoms with Crippen molar-refractivity contribution in [1.29, 1.82) is 0 Å². The van der Waals surface area contributed by atoms with E-state index < -0.39 is 0 Å². The lowest BCUT2D eigenvalue weighted by Crippen LogP contribution is -1.99. The third-order valence-electron chi connectivity index (χ3n) is 2.97. The van der Waals surface area contributed by atoms with Gasteiger partial charge < -0.3 is 4.74 Å². The summed E-state index contributed by atoms with van der Waals surface area (Å²) in [7, 11) is 1.64. The average Bonchev–Trinajstić information content (AvgIpc) is 2.38. The van der Waals surface area contributed by atoms with Crippen LogP contribution in [0.15, 0.2) is 40.9 Å². The van der Waals surface area contributed by atoms with Gasteiger partial charge in [0.25, 0.3) is 0 Å². The Labute approximate surface area is 129 Å². The molecule has 0 N–H and O–H groups in total. The van der Waals surface area contributed by atoms with E-state index in [1.807, 2.05) is 25.1 Å². The van der Waals surface area contributed by atoms with Gasteiger partial charge in [-0.25, -0.2) is 4.39 Å². The van der Waals surface area contributed by atoms with Gasteiger partial charge in [0.1, 0.15) is 11.6 Å². The maximum atomic E-state index is 13.2. The molecule has 0 aliphatic rings. The van der Waals surface area contributed by atoms with Gasteiger partial charge in [0.05, 0.1) is 11.9 Å². The van der Waals surface area contributed by atoms with Gasteiger partial charge in [-0.3, -0.25) is 0 Å². The van der Waals surface area contributed by atoms with Crippen LogP contribution in [0.25, 0.3) is 0 Å². The van der Waals surface area contributed by atoms with E-state index in [1.54, 1.807) is 13.2 Å². The molecular formula is C15H13Br2FO. The van der Waals surface area contributed by atoms with Gasteiger partial charge in [-0.2, -0.15) is 0 Å². The van der Waals surface area contributed by atoms with E-state index in [4.69, 9.17) is 4.74 Å². The molecule has 0 bridgehead atoms. The zero-order valence-corrected chi connectivity index (χ0v) is 13.8. The molecule has 0 heterocycles. The number of hydrogen-bond acceptors (Lipinski definition) is 1. The lowest BCUT2D eigenvalue weighted by molar-refractivity contribution is 0.410. The molecule has 0 amide bonds. The highest BCUT2D eigenvalue weighted by atomic mass is 79.9. The van der Waals surface area contributed by atoms with Crippen molar-refractivity contribution in [3.63, 3.8) is 0 Å². The smallest absolute Gasteiger partial charge is 0.123 e. The summed E-state index contributed by atoms with van der Waals surface area (Å²) >= 11 is 7.13. The summed E-state index contributed by atoms with van der Waals surface area (Å²) in [4.78, 5) is -0.0412. The molecule has 2 aromatic rings. The predicted octanol–water partition coefficient (Wildman–Crippen LogP) is 5.39. The van der Waals surface area contributed by atoms with Crippen LogP contribution in [-0.2, 0) is 0 Å². The van der Waals surface area contributed by atoms with Gasteiger partial charge in [0, 0.05) is 10.0 Å². The van der Waals surface area contributed by atoms with Crippen molar-refractivity contribution in [2.45, 2.75) is 11.8 Å². The van der Waals surface area contributed by atoms with Crippen molar-refractivity contribution in [3.05, 3.63) is 63.4 Å². The van der Waals surface area contributed by atoms with Crippen LogP contribution in [0.4, 0.5) is 4.39 Å². The van der Waals surface area contributed by atoms with Crippen molar-refractivity contribution in [1.82, 2.24) is 0 Å². The molecule has 0 saturated heterocycles. The fourth-order valence-corrected chi connectivity index (χ4v) is 3.24. The van der Waals surface area contributed by atoms with Crippen LogP contribution in [0.5, 0.6) is 5.75 Å². The normalized spacial score (nSPS) is 12.3. The molecule has 2 aromatic carbocycles. The molecular weight excluding hydrogens is 375 g/mol. The van der Waals surface area contributed by atoms with Crippen LogP contribution in [-0.4, -0.2) is 7.11 Å². The van der Waals surface area contributed by atoms with Crippen molar-refractivity contribution < 1.29 is 9.13 Å². The van der Waals surface area contributed by atoms with E-state index in [0.29, 0.717) is 0 Å². The minimum atomic E-state index is -0.220. The molecule has 19 heavy (non-hydrogen) atoms. The molecule has 1 unspecified atom stereocenters. The molecule has 4 heteroatoms. The first-order chi connectivity index (χ1) is 9.02. The van der Waals surface area contributed by atoms with Crippen LogP contribution >= 0.6 is 31.9 Å². The number of rotatable bonds is 3. The minimum absolute atomic E-state index is 0.0412. The summed E-state index contributed by atoms with van der Waals surface area (Å²) in [6.07, 6.45) is 0. The molecule has 0 fully saturated rings. The van der Waals surface area contributed by atoms with E-state index in [9.17, 15) is 4.39 Å². The largest absolute Gasteiger partial charge is 0.496 e. The highest BCUT2D eigenvalue weighted by Crippen LogP contribution is 2.39. The molecule has 0 aliphatic carbocycles. The standard InChI is InChI=1S/C15H13Br2FO/c1-9-7-11(18)4-5-12(9)15(17)13-8-10(16)3-6-14(13)19-2/h3-8,15H,1-2H3.